The van der Waals surface area contributed by atoms with E-state index in [2.05, 4.69) is 11.4 Å². The van der Waals surface area contributed by atoms with Gasteiger partial charge in [0, 0.05) is 24.2 Å². The van der Waals surface area contributed by atoms with Crippen LogP contribution in [0, 0.1) is 0 Å². The van der Waals surface area contributed by atoms with Gasteiger partial charge in [-0.1, -0.05) is 66.7 Å². The maximum Gasteiger partial charge on any atom is 0.164 e. The first kappa shape index (κ1) is 18.8. The second-order valence-electron chi connectivity index (χ2n) is 6.96. The predicted octanol–water partition coefficient (Wildman–Crippen LogP) is 6.10. The Labute approximate surface area is 171 Å². The third kappa shape index (κ3) is 5.02. The molecule has 144 valence electrons. The molecule has 4 rings (SSSR count). The maximum atomic E-state index is 12.5. The minimum absolute atomic E-state index is 0.145. The predicted molar refractivity (Wildman–Crippen MR) is 119 cm³/mol. The van der Waals surface area contributed by atoms with Gasteiger partial charge in [-0.25, -0.2) is 0 Å². The number of ether oxygens (including phenoxy) is 1. The van der Waals surface area contributed by atoms with Crippen LogP contribution in [0.25, 0.3) is 10.8 Å². The van der Waals surface area contributed by atoms with Crippen LogP contribution in [0.5, 0.6) is 5.75 Å². The Morgan fingerprint density at radius 3 is 2.28 bits per heavy atom. The largest absolute Gasteiger partial charge is 0.489 e. The number of anilines is 1. The third-order valence-corrected chi connectivity index (χ3v) is 4.86. The molecule has 4 aromatic carbocycles. The van der Waals surface area contributed by atoms with Crippen LogP contribution in [-0.2, 0) is 6.61 Å². The standard InChI is InChI=1S/C26H23NO2/c28-26(23-11-10-21-8-4-5-9-22(21)18-23)16-17-27-24-12-14-25(15-13-24)29-19-20-6-2-1-3-7-20/h1-15,18,27H,16-17,19H2. The lowest BCUT2D eigenvalue weighted by molar-refractivity contribution is 0.0986. The second-order valence-corrected chi connectivity index (χ2v) is 6.96. The van der Waals surface area contributed by atoms with Crippen LogP contribution in [0.2, 0.25) is 0 Å². The average molecular weight is 381 g/mol. The summed E-state index contributed by atoms with van der Waals surface area (Å²) in [7, 11) is 0. The Morgan fingerprint density at radius 2 is 1.48 bits per heavy atom. The zero-order chi connectivity index (χ0) is 19.9. The van der Waals surface area contributed by atoms with Crippen LogP contribution in [0.15, 0.2) is 97.1 Å². The van der Waals surface area contributed by atoms with E-state index < -0.39 is 0 Å². The normalized spacial score (nSPS) is 10.6. The van der Waals surface area contributed by atoms with Crippen molar-refractivity contribution in [3.8, 4) is 5.75 Å². The zero-order valence-electron chi connectivity index (χ0n) is 16.2. The monoisotopic (exact) mass is 381 g/mol. The second kappa shape index (κ2) is 9.07. The molecular formula is C26H23NO2. The van der Waals surface area contributed by atoms with E-state index in [1.54, 1.807) is 0 Å². The molecule has 0 aliphatic rings. The van der Waals surface area contributed by atoms with E-state index in [-0.39, 0.29) is 5.78 Å². The molecule has 0 amide bonds. The molecule has 0 aliphatic carbocycles. The number of ketones is 1. The molecule has 0 bridgehead atoms. The van der Waals surface area contributed by atoms with Crippen molar-refractivity contribution in [2.75, 3.05) is 11.9 Å². The molecule has 0 saturated heterocycles. The van der Waals surface area contributed by atoms with Crippen molar-refractivity contribution in [2.24, 2.45) is 0 Å². The third-order valence-electron chi connectivity index (χ3n) is 4.86. The maximum absolute atomic E-state index is 12.5. The van der Waals surface area contributed by atoms with Crippen LogP contribution < -0.4 is 10.1 Å². The Bertz CT molecular complexity index is 1090. The summed E-state index contributed by atoms with van der Waals surface area (Å²) in [6.45, 7) is 1.14. The van der Waals surface area contributed by atoms with Gasteiger partial charge >= 0.3 is 0 Å². The molecular weight excluding hydrogens is 358 g/mol. The minimum Gasteiger partial charge on any atom is -0.489 e. The number of Topliss-reactive ketones (excluding diaryl/α,β-unsaturated/α-hetero) is 1. The summed E-state index contributed by atoms with van der Waals surface area (Å²) in [6.07, 6.45) is 0.449. The number of nitrogens with one attached hydrogen (secondary N) is 1. The highest BCUT2D eigenvalue weighted by atomic mass is 16.5. The van der Waals surface area contributed by atoms with Gasteiger partial charge in [-0.3, -0.25) is 4.79 Å². The topological polar surface area (TPSA) is 38.3 Å². The van der Waals surface area contributed by atoms with Crippen molar-refractivity contribution in [1.82, 2.24) is 0 Å². The first-order valence-corrected chi connectivity index (χ1v) is 9.81. The summed E-state index contributed by atoms with van der Waals surface area (Å²) >= 11 is 0. The summed E-state index contributed by atoms with van der Waals surface area (Å²) in [5, 5.41) is 5.55. The highest BCUT2D eigenvalue weighted by Gasteiger charge is 2.06. The van der Waals surface area contributed by atoms with Gasteiger partial charge in [-0.2, -0.15) is 0 Å². The lowest BCUT2D eigenvalue weighted by Crippen LogP contribution is -2.08. The first-order chi connectivity index (χ1) is 14.3. The number of rotatable bonds is 8. The lowest BCUT2D eigenvalue weighted by atomic mass is 10.0. The van der Waals surface area contributed by atoms with Crippen molar-refractivity contribution < 1.29 is 9.53 Å². The van der Waals surface area contributed by atoms with Gasteiger partial charge in [0.05, 0.1) is 0 Å². The van der Waals surface area contributed by atoms with E-state index in [9.17, 15) is 4.79 Å². The summed E-state index contributed by atoms with van der Waals surface area (Å²) in [5.41, 5.74) is 2.88. The minimum atomic E-state index is 0.145. The van der Waals surface area contributed by atoms with E-state index in [1.165, 1.54) is 0 Å². The fourth-order valence-corrected chi connectivity index (χ4v) is 3.24. The fourth-order valence-electron chi connectivity index (χ4n) is 3.24. The molecule has 0 atom stereocenters. The first-order valence-electron chi connectivity index (χ1n) is 9.81. The van der Waals surface area contributed by atoms with Crippen LogP contribution >= 0.6 is 0 Å². The Balaban J connectivity index is 1.27. The summed E-state index contributed by atoms with van der Waals surface area (Å²) in [5.74, 6) is 0.970. The van der Waals surface area contributed by atoms with Gasteiger partial charge < -0.3 is 10.1 Å². The molecule has 0 radical (unpaired) electrons. The number of benzene rings is 4. The fraction of sp³-hybridized carbons (Fsp3) is 0.115. The van der Waals surface area contributed by atoms with Gasteiger partial charge in [0.1, 0.15) is 12.4 Å². The molecule has 1 N–H and O–H groups in total. The zero-order valence-corrected chi connectivity index (χ0v) is 16.2. The van der Waals surface area contributed by atoms with Crippen LogP contribution in [0.1, 0.15) is 22.3 Å². The number of carbonyl (C=O) groups excluding carboxylic acids is 1. The lowest BCUT2D eigenvalue weighted by Gasteiger charge is -2.09. The quantitative estimate of drug-likeness (QED) is 0.375. The Hall–Kier alpha value is -3.59. The highest BCUT2D eigenvalue weighted by molar-refractivity contribution is 6.00. The summed E-state index contributed by atoms with van der Waals surface area (Å²) < 4.78 is 5.80. The number of hydrogen-bond acceptors (Lipinski definition) is 3. The van der Waals surface area contributed by atoms with Gasteiger partial charge in [0.25, 0.3) is 0 Å². The number of fused-ring (bicyclic) bond motifs is 1. The molecule has 0 aromatic heterocycles. The van der Waals surface area contributed by atoms with Gasteiger partial charge in [0.15, 0.2) is 5.78 Å². The average Bonchev–Trinajstić information content (AvgIpc) is 2.79. The molecule has 0 unspecified atom stereocenters. The van der Waals surface area contributed by atoms with Gasteiger partial charge in [0.2, 0.25) is 0 Å². The summed E-state index contributed by atoms with van der Waals surface area (Å²) in [4.78, 5) is 12.5. The van der Waals surface area contributed by atoms with Crippen molar-refractivity contribution in [1.29, 1.82) is 0 Å². The molecule has 3 nitrogen and oxygen atoms in total. The highest BCUT2D eigenvalue weighted by Crippen LogP contribution is 2.19. The molecule has 3 heteroatoms. The molecule has 4 aromatic rings. The van der Waals surface area contributed by atoms with Crippen molar-refractivity contribution in [3.63, 3.8) is 0 Å². The van der Waals surface area contributed by atoms with E-state index in [0.29, 0.717) is 19.6 Å². The van der Waals surface area contributed by atoms with Gasteiger partial charge in [-0.15, -0.1) is 0 Å². The molecule has 0 fully saturated rings. The molecule has 0 spiro atoms. The van der Waals surface area contributed by atoms with E-state index >= 15 is 0 Å². The van der Waals surface area contributed by atoms with E-state index in [0.717, 1.165) is 33.3 Å². The Kier molecular flexibility index (Phi) is 5.87. The van der Waals surface area contributed by atoms with E-state index in [1.807, 2.05) is 91.0 Å². The summed E-state index contributed by atoms with van der Waals surface area (Å²) in [6, 6.07) is 31.9. The van der Waals surface area contributed by atoms with Crippen LogP contribution in [0.3, 0.4) is 0 Å². The molecule has 0 saturated carbocycles. The van der Waals surface area contributed by atoms with E-state index in [4.69, 9.17) is 4.74 Å². The number of carbonyl (C=O) groups is 1. The van der Waals surface area contributed by atoms with Crippen LogP contribution in [0.4, 0.5) is 5.69 Å². The van der Waals surface area contributed by atoms with Crippen molar-refractivity contribution >= 4 is 22.2 Å². The molecule has 29 heavy (non-hydrogen) atoms. The van der Waals surface area contributed by atoms with Gasteiger partial charge in [-0.05, 0) is 46.7 Å². The smallest absolute Gasteiger partial charge is 0.164 e. The SMILES string of the molecule is O=C(CCNc1ccc(OCc2ccccc2)cc1)c1ccc2ccccc2c1. The number of hydrogen-bond donors (Lipinski definition) is 1. The Morgan fingerprint density at radius 1 is 0.759 bits per heavy atom. The van der Waals surface area contributed by atoms with Crippen LogP contribution in [-0.4, -0.2) is 12.3 Å². The van der Waals surface area contributed by atoms with Crippen molar-refractivity contribution in [3.05, 3.63) is 108 Å². The van der Waals surface area contributed by atoms with Crippen molar-refractivity contribution in [2.45, 2.75) is 13.0 Å². The molecule has 0 aliphatic heterocycles. The molecule has 0 heterocycles.